The van der Waals surface area contributed by atoms with E-state index in [4.69, 9.17) is 0 Å². The molecule has 5 rings (SSSR count). The molecule has 3 N–H and O–H groups in total. The summed E-state index contributed by atoms with van der Waals surface area (Å²) in [7, 11) is 0. The van der Waals surface area contributed by atoms with E-state index in [1.807, 2.05) is 103 Å². The van der Waals surface area contributed by atoms with E-state index in [-0.39, 0.29) is 17.5 Å². The fourth-order valence-corrected chi connectivity index (χ4v) is 6.08. The van der Waals surface area contributed by atoms with Gasteiger partial charge in [0.25, 0.3) is 11.8 Å². The Labute approximate surface area is 265 Å². The molecule has 8 heteroatoms. The maximum atomic E-state index is 13.6. The van der Waals surface area contributed by atoms with Crippen LogP contribution in [0.1, 0.15) is 37.9 Å². The highest BCUT2D eigenvalue weighted by molar-refractivity contribution is 8.00. The molecule has 0 aliphatic rings. The number of thioether (sulfide) groups is 1. The minimum atomic E-state index is -0.539. The first-order chi connectivity index (χ1) is 21.4. The monoisotopic (exact) mass is 617 g/mol. The van der Waals surface area contributed by atoms with Crippen molar-refractivity contribution in [2.24, 2.45) is 0 Å². The van der Waals surface area contributed by atoms with E-state index >= 15 is 0 Å². The molecule has 1 unspecified atom stereocenters. The second-order valence-electron chi connectivity index (χ2n) is 10.1. The number of anilines is 2. The highest BCUT2D eigenvalue weighted by atomic mass is 32.2. The van der Waals surface area contributed by atoms with Crippen molar-refractivity contribution in [1.82, 2.24) is 5.32 Å². The van der Waals surface area contributed by atoms with Crippen molar-refractivity contribution in [2.75, 3.05) is 10.6 Å². The molecule has 3 amide bonds. The number of carbonyl (C=O) groups excluding carboxylic acids is 3. The fraction of sp³-hybridized carbons (Fsp3) is 0.0833. The second kappa shape index (κ2) is 14.5. The van der Waals surface area contributed by atoms with Gasteiger partial charge in [-0.3, -0.25) is 14.4 Å². The fourth-order valence-electron chi connectivity index (χ4n) is 4.38. The van der Waals surface area contributed by atoms with Gasteiger partial charge in [0.05, 0.1) is 0 Å². The average Bonchev–Trinajstić information content (AvgIpc) is 3.55. The number of hydrogen-bond donors (Lipinski definition) is 3. The summed E-state index contributed by atoms with van der Waals surface area (Å²) in [6.07, 6.45) is 1.65. The molecule has 0 saturated carbocycles. The topological polar surface area (TPSA) is 87.3 Å². The molecule has 0 spiro atoms. The number of hydrogen-bond acceptors (Lipinski definition) is 5. The van der Waals surface area contributed by atoms with Gasteiger partial charge in [-0.2, -0.15) is 11.3 Å². The van der Waals surface area contributed by atoms with Crippen LogP contribution in [-0.4, -0.2) is 17.7 Å². The first kappa shape index (κ1) is 30.5. The van der Waals surface area contributed by atoms with E-state index in [0.29, 0.717) is 11.3 Å². The highest BCUT2D eigenvalue weighted by Gasteiger charge is 2.23. The van der Waals surface area contributed by atoms with Gasteiger partial charge in [-0.05, 0) is 101 Å². The maximum absolute atomic E-state index is 13.6. The molecular formula is C36H31N3O3S2. The highest BCUT2D eigenvalue weighted by Crippen LogP contribution is 2.37. The summed E-state index contributed by atoms with van der Waals surface area (Å²) >= 11 is 2.89. The van der Waals surface area contributed by atoms with Gasteiger partial charge >= 0.3 is 0 Å². The number of nitrogens with one attached hydrogen (secondary N) is 3. The van der Waals surface area contributed by atoms with Crippen molar-refractivity contribution in [2.45, 2.75) is 24.0 Å². The SMILES string of the molecule is Cc1ccc(NC(=O)C(Sc2cccc(NC(=O)/C(=C/c3ccsc3)NC(=O)c3ccccc3)c2)c2ccccc2)cc1C. The van der Waals surface area contributed by atoms with Crippen LogP contribution in [0.25, 0.3) is 6.08 Å². The average molecular weight is 618 g/mol. The zero-order valence-corrected chi connectivity index (χ0v) is 25.9. The molecule has 0 saturated heterocycles. The Kier molecular flexibility index (Phi) is 10.1. The van der Waals surface area contributed by atoms with E-state index < -0.39 is 11.2 Å². The molecule has 44 heavy (non-hydrogen) atoms. The summed E-state index contributed by atoms with van der Waals surface area (Å²) in [5.41, 5.74) is 5.75. The molecule has 1 atom stereocenters. The molecule has 0 bridgehead atoms. The number of aryl methyl sites for hydroxylation is 2. The Hall–Kier alpha value is -4.92. The van der Waals surface area contributed by atoms with Gasteiger partial charge in [0.1, 0.15) is 10.9 Å². The van der Waals surface area contributed by atoms with Gasteiger partial charge in [0, 0.05) is 21.8 Å². The van der Waals surface area contributed by atoms with Gasteiger partial charge in [0.2, 0.25) is 5.91 Å². The minimum Gasteiger partial charge on any atom is -0.325 e. The van der Waals surface area contributed by atoms with Crippen LogP contribution >= 0.6 is 23.1 Å². The summed E-state index contributed by atoms with van der Waals surface area (Å²) in [6.45, 7) is 4.05. The molecule has 6 nitrogen and oxygen atoms in total. The second-order valence-corrected chi connectivity index (χ2v) is 12.1. The van der Waals surface area contributed by atoms with E-state index in [1.165, 1.54) is 23.1 Å². The van der Waals surface area contributed by atoms with Crippen molar-refractivity contribution in [3.05, 3.63) is 153 Å². The van der Waals surface area contributed by atoms with E-state index in [1.54, 1.807) is 36.4 Å². The van der Waals surface area contributed by atoms with Gasteiger partial charge in [-0.1, -0.05) is 60.7 Å². The summed E-state index contributed by atoms with van der Waals surface area (Å²) < 4.78 is 0. The van der Waals surface area contributed by atoms with Crippen molar-refractivity contribution in [3.8, 4) is 0 Å². The maximum Gasteiger partial charge on any atom is 0.272 e. The summed E-state index contributed by atoms with van der Waals surface area (Å²) in [6, 6.07) is 33.4. The Morgan fingerprint density at radius 2 is 1.48 bits per heavy atom. The molecule has 1 heterocycles. The number of amides is 3. The zero-order valence-electron chi connectivity index (χ0n) is 24.2. The number of thiophene rings is 1. The third-order valence-electron chi connectivity index (χ3n) is 6.84. The third kappa shape index (κ3) is 8.12. The molecule has 5 aromatic rings. The predicted molar refractivity (Wildman–Crippen MR) is 181 cm³/mol. The van der Waals surface area contributed by atoms with Crippen LogP contribution in [0.4, 0.5) is 11.4 Å². The minimum absolute atomic E-state index is 0.116. The molecule has 0 fully saturated rings. The van der Waals surface area contributed by atoms with Crippen molar-refractivity contribution < 1.29 is 14.4 Å². The molecule has 0 aliphatic heterocycles. The Balaban J connectivity index is 1.35. The van der Waals surface area contributed by atoms with Crippen molar-refractivity contribution in [1.29, 1.82) is 0 Å². The number of benzene rings is 4. The van der Waals surface area contributed by atoms with Gasteiger partial charge in [-0.15, -0.1) is 11.8 Å². The van der Waals surface area contributed by atoms with Crippen LogP contribution in [0.5, 0.6) is 0 Å². The van der Waals surface area contributed by atoms with Crippen molar-refractivity contribution in [3.63, 3.8) is 0 Å². The van der Waals surface area contributed by atoms with E-state index in [2.05, 4.69) is 16.0 Å². The molecule has 0 radical (unpaired) electrons. The lowest BCUT2D eigenvalue weighted by Crippen LogP contribution is -2.30. The van der Waals surface area contributed by atoms with Gasteiger partial charge in [-0.25, -0.2) is 0 Å². The summed E-state index contributed by atoms with van der Waals surface area (Å²) in [4.78, 5) is 40.8. The Morgan fingerprint density at radius 1 is 0.750 bits per heavy atom. The molecule has 0 aliphatic carbocycles. The van der Waals surface area contributed by atoms with Gasteiger partial charge < -0.3 is 16.0 Å². The molecule has 4 aromatic carbocycles. The first-order valence-corrected chi connectivity index (χ1v) is 15.8. The summed E-state index contributed by atoms with van der Waals surface area (Å²) in [5.74, 6) is -0.995. The molecule has 220 valence electrons. The van der Waals surface area contributed by atoms with Crippen molar-refractivity contribution >= 4 is 58.3 Å². The van der Waals surface area contributed by atoms with E-state index in [9.17, 15) is 14.4 Å². The van der Waals surface area contributed by atoms with Crippen LogP contribution in [0, 0.1) is 13.8 Å². The Bertz CT molecular complexity index is 1790. The Morgan fingerprint density at radius 3 is 2.18 bits per heavy atom. The smallest absolute Gasteiger partial charge is 0.272 e. The van der Waals surface area contributed by atoms with Crippen LogP contribution < -0.4 is 16.0 Å². The standard InChI is InChI=1S/C36H31N3O3S2/c1-24-16-17-30(20-25(24)2)38-36(42)33(27-10-5-3-6-11-27)44-31-15-9-14-29(22-31)37-35(41)32(21-26-18-19-43-23-26)39-34(40)28-12-7-4-8-13-28/h3-23,33H,1-2H3,(H,37,41)(H,38,42)(H,39,40)/b32-21-. The lowest BCUT2D eigenvalue weighted by atomic mass is 10.1. The third-order valence-corrected chi connectivity index (χ3v) is 8.79. The largest absolute Gasteiger partial charge is 0.325 e. The quantitative estimate of drug-likeness (QED) is 0.109. The van der Waals surface area contributed by atoms with Gasteiger partial charge in [0.15, 0.2) is 0 Å². The number of carbonyl (C=O) groups is 3. The van der Waals surface area contributed by atoms with Crippen LogP contribution in [0.2, 0.25) is 0 Å². The molecule has 1 aromatic heterocycles. The van der Waals surface area contributed by atoms with E-state index in [0.717, 1.165) is 32.8 Å². The summed E-state index contributed by atoms with van der Waals surface area (Å²) in [5, 5.41) is 12.0. The number of rotatable bonds is 10. The lowest BCUT2D eigenvalue weighted by molar-refractivity contribution is -0.116. The zero-order chi connectivity index (χ0) is 30.9. The van der Waals surface area contributed by atoms with Crippen LogP contribution in [0.3, 0.4) is 0 Å². The molecular weight excluding hydrogens is 587 g/mol. The van der Waals surface area contributed by atoms with Crippen LogP contribution in [-0.2, 0) is 9.59 Å². The normalized spacial score (nSPS) is 11.8. The first-order valence-electron chi connectivity index (χ1n) is 14.0. The predicted octanol–water partition coefficient (Wildman–Crippen LogP) is 8.25. The lowest BCUT2D eigenvalue weighted by Gasteiger charge is -2.18. The van der Waals surface area contributed by atoms with Crippen LogP contribution in [0.15, 0.2) is 131 Å².